The van der Waals surface area contributed by atoms with E-state index in [0.29, 0.717) is 32.6 Å². The second kappa shape index (κ2) is 11.2. The fourth-order valence-corrected chi connectivity index (χ4v) is 3.46. The normalized spacial score (nSPS) is 14.6. The minimum atomic E-state index is -0.657. The Morgan fingerprint density at radius 3 is 2.38 bits per heavy atom. The SMILES string of the molecule is CCCC(NC(=O)NCc1ccc(F)cc1)C(=O)N1CCN(C(=O)c2cnccn2)CC1. The number of rotatable bonds is 7. The highest BCUT2D eigenvalue weighted by atomic mass is 19.1. The Morgan fingerprint density at radius 2 is 1.75 bits per heavy atom. The fraction of sp³-hybridized carbons (Fsp3) is 0.409. The van der Waals surface area contributed by atoms with Crippen LogP contribution in [0, 0.1) is 5.82 Å². The number of benzene rings is 1. The number of urea groups is 1. The van der Waals surface area contributed by atoms with Crippen molar-refractivity contribution in [2.24, 2.45) is 0 Å². The predicted molar refractivity (Wildman–Crippen MR) is 115 cm³/mol. The average molecular weight is 442 g/mol. The van der Waals surface area contributed by atoms with Gasteiger partial charge in [-0.05, 0) is 24.1 Å². The number of carbonyl (C=O) groups is 3. The molecule has 1 aromatic carbocycles. The van der Waals surface area contributed by atoms with Crippen LogP contribution in [-0.2, 0) is 11.3 Å². The smallest absolute Gasteiger partial charge is 0.315 e. The van der Waals surface area contributed by atoms with E-state index in [-0.39, 0.29) is 29.9 Å². The zero-order chi connectivity index (χ0) is 22.9. The lowest BCUT2D eigenvalue weighted by Crippen LogP contribution is -2.56. The van der Waals surface area contributed by atoms with E-state index in [4.69, 9.17) is 0 Å². The summed E-state index contributed by atoms with van der Waals surface area (Å²) in [4.78, 5) is 49.1. The Balaban J connectivity index is 1.50. The highest BCUT2D eigenvalue weighted by Gasteiger charge is 2.30. The summed E-state index contributed by atoms with van der Waals surface area (Å²) >= 11 is 0. The summed E-state index contributed by atoms with van der Waals surface area (Å²) in [7, 11) is 0. The minimum Gasteiger partial charge on any atom is -0.337 e. The maximum Gasteiger partial charge on any atom is 0.315 e. The highest BCUT2D eigenvalue weighted by Crippen LogP contribution is 2.10. The molecule has 2 heterocycles. The van der Waals surface area contributed by atoms with Crippen molar-refractivity contribution in [2.75, 3.05) is 26.2 Å². The van der Waals surface area contributed by atoms with Crippen molar-refractivity contribution in [1.82, 2.24) is 30.4 Å². The van der Waals surface area contributed by atoms with E-state index in [1.165, 1.54) is 30.7 Å². The van der Waals surface area contributed by atoms with Crippen LogP contribution in [0.25, 0.3) is 0 Å². The molecule has 170 valence electrons. The quantitative estimate of drug-likeness (QED) is 0.677. The second-order valence-electron chi connectivity index (χ2n) is 7.50. The van der Waals surface area contributed by atoms with Crippen molar-refractivity contribution >= 4 is 17.8 Å². The van der Waals surface area contributed by atoms with Gasteiger partial charge in [-0.2, -0.15) is 0 Å². The van der Waals surface area contributed by atoms with E-state index in [1.54, 1.807) is 21.9 Å². The van der Waals surface area contributed by atoms with Gasteiger partial charge in [0.05, 0.1) is 6.20 Å². The second-order valence-corrected chi connectivity index (χ2v) is 7.50. The number of nitrogens with one attached hydrogen (secondary N) is 2. The van der Waals surface area contributed by atoms with Gasteiger partial charge in [-0.3, -0.25) is 14.6 Å². The van der Waals surface area contributed by atoms with Crippen LogP contribution in [-0.4, -0.2) is 69.8 Å². The molecular weight excluding hydrogens is 415 g/mol. The van der Waals surface area contributed by atoms with E-state index in [0.717, 1.165) is 12.0 Å². The Morgan fingerprint density at radius 1 is 1.06 bits per heavy atom. The number of halogens is 1. The van der Waals surface area contributed by atoms with Crippen LogP contribution in [0.5, 0.6) is 0 Å². The molecule has 0 saturated carbocycles. The zero-order valence-corrected chi connectivity index (χ0v) is 18.0. The van der Waals surface area contributed by atoms with Crippen LogP contribution in [0.2, 0.25) is 0 Å². The van der Waals surface area contributed by atoms with E-state index in [9.17, 15) is 18.8 Å². The molecule has 0 aliphatic carbocycles. The summed E-state index contributed by atoms with van der Waals surface area (Å²) in [6, 6.07) is 4.71. The number of hydrogen-bond donors (Lipinski definition) is 2. The number of hydrogen-bond acceptors (Lipinski definition) is 5. The largest absolute Gasteiger partial charge is 0.337 e. The van der Waals surface area contributed by atoms with Gasteiger partial charge < -0.3 is 20.4 Å². The third-order valence-electron chi connectivity index (χ3n) is 5.21. The monoisotopic (exact) mass is 442 g/mol. The van der Waals surface area contributed by atoms with Crippen molar-refractivity contribution < 1.29 is 18.8 Å². The van der Waals surface area contributed by atoms with E-state index in [2.05, 4.69) is 20.6 Å². The number of carbonyl (C=O) groups excluding carboxylic acids is 3. The standard InChI is InChI=1S/C22H27FN6O3/c1-2-3-18(27-22(32)26-14-16-4-6-17(23)7-5-16)20(30)28-10-12-29(13-11-28)21(31)19-15-24-8-9-25-19/h4-9,15,18H,2-3,10-14H2,1H3,(H2,26,27,32). The molecule has 1 aliphatic rings. The molecule has 1 unspecified atom stereocenters. The van der Waals surface area contributed by atoms with Gasteiger partial charge in [0.2, 0.25) is 5.91 Å². The molecule has 0 spiro atoms. The van der Waals surface area contributed by atoms with Crippen molar-refractivity contribution in [3.8, 4) is 0 Å². The first-order valence-corrected chi connectivity index (χ1v) is 10.6. The van der Waals surface area contributed by atoms with Crippen molar-refractivity contribution in [3.63, 3.8) is 0 Å². The minimum absolute atomic E-state index is 0.171. The lowest BCUT2D eigenvalue weighted by molar-refractivity contribution is -0.134. The van der Waals surface area contributed by atoms with Gasteiger partial charge in [-0.15, -0.1) is 0 Å². The van der Waals surface area contributed by atoms with Gasteiger partial charge in [-0.25, -0.2) is 14.2 Å². The number of amides is 4. The fourth-order valence-electron chi connectivity index (χ4n) is 3.46. The number of aromatic nitrogens is 2. The van der Waals surface area contributed by atoms with E-state index >= 15 is 0 Å². The molecule has 2 N–H and O–H groups in total. The third kappa shape index (κ3) is 6.22. The maximum absolute atomic E-state index is 13.0. The molecule has 1 saturated heterocycles. The van der Waals surface area contributed by atoms with Gasteiger partial charge in [0.1, 0.15) is 17.6 Å². The Labute approximate surface area is 186 Å². The van der Waals surface area contributed by atoms with E-state index in [1.807, 2.05) is 6.92 Å². The molecule has 9 nitrogen and oxygen atoms in total. The van der Waals surface area contributed by atoms with Gasteiger partial charge in [-0.1, -0.05) is 25.5 Å². The summed E-state index contributed by atoms with van der Waals surface area (Å²) in [5.74, 6) is -0.728. The number of nitrogens with zero attached hydrogens (tertiary/aromatic N) is 4. The summed E-state index contributed by atoms with van der Waals surface area (Å²) in [5, 5.41) is 5.44. The van der Waals surface area contributed by atoms with E-state index < -0.39 is 12.1 Å². The zero-order valence-electron chi connectivity index (χ0n) is 18.0. The van der Waals surface area contributed by atoms with Crippen molar-refractivity contribution in [3.05, 3.63) is 59.9 Å². The van der Waals surface area contributed by atoms with Crippen molar-refractivity contribution in [2.45, 2.75) is 32.4 Å². The first-order chi connectivity index (χ1) is 15.5. The molecule has 0 radical (unpaired) electrons. The Kier molecular flexibility index (Phi) is 8.07. The maximum atomic E-state index is 13.0. The summed E-state index contributed by atoms with van der Waals surface area (Å²) in [6.45, 7) is 3.69. The topological polar surface area (TPSA) is 108 Å². The summed E-state index contributed by atoms with van der Waals surface area (Å²) in [5.41, 5.74) is 1.03. The lowest BCUT2D eigenvalue weighted by atomic mass is 10.1. The summed E-state index contributed by atoms with van der Waals surface area (Å²) < 4.78 is 13.0. The third-order valence-corrected chi connectivity index (χ3v) is 5.21. The molecule has 1 atom stereocenters. The molecule has 0 bridgehead atoms. The molecule has 3 rings (SSSR count). The van der Waals surface area contributed by atoms with Crippen LogP contribution in [0.1, 0.15) is 35.8 Å². The average Bonchev–Trinajstić information content (AvgIpc) is 2.83. The first kappa shape index (κ1) is 23.1. The molecule has 4 amide bonds. The van der Waals surface area contributed by atoms with Gasteiger partial charge in [0.25, 0.3) is 5.91 Å². The Hall–Kier alpha value is -3.56. The first-order valence-electron chi connectivity index (χ1n) is 10.6. The van der Waals surface area contributed by atoms with Crippen LogP contribution < -0.4 is 10.6 Å². The Bertz CT molecular complexity index is 917. The predicted octanol–water partition coefficient (Wildman–Crippen LogP) is 1.57. The van der Waals surface area contributed by atoms with Crippen molar-refractivity contribution in [1.29, 1.82) is 0 Å². The van der Waals surface area contributed by atoms with Crippen LogP contribution in [0.3, 0.4) is 0 Å². The van der Waals surface area contributed by atoms with Crippen LogP contribution in [0.15, 0.2) is 42.9 Å². The molecule has 1 aliphatic heterocycles. The molecule has 1 aromatic heterocycles. The lowest BCUT2D eigenvalue weighted by Gasteiger charge is -2.36. The van der Waals surface area contributed by atoms with Gasteiger partial charge in [0.15, 0.2) is 0 Å². The highest BCUT2D eigenvalue weighted by molar-refractivity contribution is 5.92. The molecule has 2 aromatic rings. The molecule has 32 heavy (non-hydrogen) atoms. The van der Waals surface area contributed by atoms with Crippen LogP contribution in [0.4, 0.5) is 9.18 Å². The van der Waals surface area contributed by atoms with Crippen LogP contribution >= 0.6 is 0 Å². The molecule has 10 heteroatoms. The molecular formula is C22H27FN6O3. The molecule has 1 fully saturated rings. The van der Waals surface area contributed by atoms with Gasteiger partial charge >= 0.3 is 6.03 Å². The number of piperazine rings is 1. The summed E-state index contributed by atoms with van der Waals surface area (Å²) in [6.07, 6.45) is 5.62. The van der Waals surface area contributed by atoms with Gasteiger partial charge in [0, 0.05) is 45.1 Å².